The zero-order valence-corrected chi connectivity index (χ0v) is 24.5. The molecule has 4 aromatic rings. The summed E-state index contributed by atoms with van der Waals surface area (Å²) in [6, 6.07) is 13.4. The monoisotopic (exact) mass is 582 g/mol. The molecule has 4 heterocycles. The molecule has 1 aliphatic rings. The average molecular weight is 583 g/mol. The highest BCUT2D eigenvalue weighted by molar-refractivity contribution is 5.95. The van der Waals surface area contributed by atoms with Crippen molar-refractivity contribution in [2.45, 2.75) is 45.8 Å². The predicted octanol–water partition coefficient (Wildman–Crippen LogP) is 2.91. The van der Waals surface area contributed by atoms with E-state index in [2.05, 4.69) is 30.6 Å². The molecule has 0 unspecified atom stereocenters. The summed E-state index contributed by atoms with van der Waals surface area (Å²) < 4.78 is 7.26. The molecule has 12 nitrogen and oxygen atoms in total. The van der Waals surface area contributed by atoms with E-state index in [0.29, 0.717) is 47.0 Å². The van der Waals surface area contributed by atoms with Crippen molar-refractivity contribution in [1.82, 2.24) is 35.1 Å². The molecule has 0 spiro atoms. The molecule has 1 aliphatic heterocycles. The van der Waals surface area contributed by atoms with Gasteiger partial charge in [0.25, 0.3) is 5.91 Å². The Labute approximate surface area is 248 Å². The summed E-state index contributed by atoms with van der Waals surface area (Å²) in [7, 11) is 0. The first-order chi connectivity index (χ1) is 20.6. The van der Waals surface area contributed by atoms with E-state index in [1.807, 2.05) is 52.0 Å². The second kappa shape index (κ2) is 12.3. The number of imidazole rings is 1. The molecule has 12 heteroatoms. The Morgan fingerprint density at radius 1 is 1.09 bits per heavy atom. The molecule has 0 bridgehead atoms. The van der Waals surface area contributed by atoms with E-state index in [1.54, 1.807) is 47.8 Å². The van der Waals surface area contributed by atoms with Gasteiger partial charge in [-0.2, -0.15) is 0 Å². The van der Waals surface area contributed by atoms with Crippen LogP contribution in [0.1, 0.15) is 43.6 Å². The minimum absolute atomic E-state index is 0.204. The van der Waals surface area contributed by atoms with Crippen molar-refractivity contribution < 1.29 is 14.3 Å². The Kier molecular flexibility index (Phi) is 8.37. The zero-order valence-electron chi connectivity index (χ0n) is 24.5. The van der Waals surface area contributed by atoms with Gasteiger partial charge in [-0.1, -0.05) is 12.1 Å². The summed E-state index contributed by atoms with van der Waals surface area (Å²) in [5.74, 6) is -0.269. The van der Waals surface area contributed by atoms with Crippen molar-refractivity contribution in [2.75, 3.05) is 13.1 Å². The molecule has 0 aliphatic carbocycles. The molecule has 3 aromatic heterocycles. The number of carbonyl (C=O) groups excluding carboxylic acids is 2. The summed E-state index contributed by atoms with van der Waals surface area (Å²) in [5, 5.41) is 6.33. The highest BCUT2D eigenvalue weighted by atomic mass is 16.6. The number of nitrogens with one attached hydrogen (secondary N) is 3. The second-order valence-electron chi connectivity index (χ2n) is 11.0. The number of H-pyrrole nitrogens is 1. The molecule has 1 atom stereocenters. The molecule has 3 N–H and O–H groups in total. The van der Waals surface area contributed by atoms with Crippen LogP contribution in [-0.4, -0.2) is 67.4 Å². The smallest absolute Gasteiger partial charge is 0.332 e. The lowest BCUT2D eigenvalue weighted by Gasteiger charge is -2.30. The Morgan fingerprint density at radius 3 is 2.53 bits per heavy atom. The van der Waals surface area contributed by atoms with Crippen LogP contribution in [0.15, 0.2) is 88.4 Å². The number of aromatic amines is 1. The fourth-order valence-electron chi connectivity index (χ4n) is 4.79. The average Bonchev–Trinajstić information content (AvgIpc) is 3.33. The third-order valence-electron chi connectivity index (χ3n) is 6.72. The number of pyridine rings is 2. The number of fused-ring (bicyclic) bond motifs is 1. The first-order valence-electron chi connectivity index (χ1n) is 14.0. The Morgan fingerprint density at radius 2 is 1.84 bits per heavy atom. The fourth-order valence-corrected chi connectivity index (χ4v) is 4.79. The Balaban J connectivity index is 1.44. The third-order valence-corrected chi connectivity index (χ3v) is 6.72. The highest BCUT2D eigenvalue weighted by Gasteiger charge is 2.29. The number of aromatic nitrogens is 4. The number of benzene rings is 1. The summed E-state index contributed by atoms with van der Waals surface area (Å²) in [4.78, 5) is 56.7. The van der Waals surface area contributed by atoms with Crippen molar-refractivity contribution in [3.05, 3.63) is 100 Å². The van der Waals surface area contributed by atoms with E-state index in [1.165, 1.54) is 10.9 Å². The van der Waals surface area contributed by atoms with Crippen LogP contribution < -0.4 is 16.3 Å². The number of hydrogen-bond acceptors (Lipinski definition) is 9. The summed E-state index contributed by atoms with van der Waals surface area (Å²) in [6.45, 7) is 8.03. The molecule has 5 rings (SSSR count). The molecule has 222 valence electrons. The molecule has 0 fully saturated rings. The van der Waals surface area contributed by atoms with Crippen molar-refractivity contribution in [1.29, 1.82) is 0 Å². The van der Waals surface area contributed by atoms with Gasteiger partial charge in [0.15, 0.2) is 5.65 Å². The number of nitrogens with zero attached hydrogens (tertiary/aromatic N) is 5. The number of carbonyl (C=O) groups is 2. The lowest BCUT2D eigenvalue weighted by atomic mass is 10.0. The lowest BCUT2D eigenvalue weighted by Crippen LogP contribution is -2.45. The first kappa shape index (κ1) is 29.2. The SMILES string of the molecule is CCN(C(=O)c1ccncc1)C1=C(N[C@@H](Cc2ccc(-n3c(=O)[nH]c4cccnc43)cc2)C(=O)OC(C)(C)C)N=CNC1. The maximum Gasteiger partial charge on any atom is 0.332 e. The van der Waals surface area contributed by atoms with E-state index in [-0.39, 0.29) is 18.0 Å². The number of likely N-dealkylation sites (N-methyl/N-ethyl adjacent to an activating group) is 1. The second-order valence-corrected chi connectivity index (χ2v) is 11.0. The van der Waals surface area contributed by atoms with Crippen LogP contribution in [0.2, 0.25) is 0 Å². The van der Waals surface area contributed by atoms with E-state index in [9.17, 15) is 14.4 Å². The molecule has 0 radical (unpaired) electrons. The largest absolute Gasteiger partial charge is 0.458 e. The normalized spacial score (nSPS) is 13.9. The fraction of sp³-hybridized carbons (Fsp3) is 0.290. The van der Waals surface area contributed by atoms with Gasteiger partial charge in [-0.15, -0.1) is 0 Å². The third kappa shape index (κ3) is 6.64. The van der Waals surface area contributed by atoms with Gasteiger partial charge in [-0.25, -0.2) is 24.1 Å². The van der Waals surface area contributed by atoms with Crippen LogP contribution in [0, 0.1) is 0 Å². The van der Waals surface area contributed by atoms with Crippen LogP contribution >= 0.6 is 0 Å². The van der Waals surface area contributed by atoms with E-state index in [0.717, 1.165) is 5.56 Å². The van der Waals surface area contributed by atoms with E-state index >= 15 is 0 Å². The minimum Gasteiger partial charge on any atom is -0.458 e. The molecule has 1 aromatic carbocycles. The van der Waals surface area contributed by atoms with E-state index < -0.39 is 17.6 Å². The van der Waals surface area contributed by atoms with Crippen molar-refractivity contribution in [2.24, 2.45) is 4.99 Å². The number of rotatable bonds is 9. The molecule has 0 saturated carbocycles. The van der Waals surface area contributed by atoms with Crippen molar-refractivity contribution >= 4 is 29.4 Å². The highest BCUT2D eigenvalue weighted by Crippen LogP contribution is 2.20. The van der Waals surface area contributed by atoms with Crippen molar-refractivity contribution in [3.8, 4) is 5.69 Å². The van der Waals surface area contributed by atoms with Crippen LogP contribution in [-0.2, 0) is 16.0 Å². The standard InChI is InChI=1S/C31H34N8O4/c1-5-38(28(40)21-12-15-32-16-13-21)25-18-33-19-35-26(25)36-24(29(41)43-31(2,3)4)17-20-8-10-22(11-9-20)39-27-23(37-30(39)42)7-6-14-34-27/h6-16,19,24,36H,5,17-18H2,1-4H3,(H,33,35)(H,37,42)/t24-/m0/s1. The molecule has 1 amide bonds. The van der Waals surface area contributed by atoms with Gasteiger partial charge >= 0.3 is 11.7 Å². The number of esters is 1. The maximum absolute atomic E-state index is 13.5. The van der Waals surface area contributed by atoms with Gasteiger partial charge in [0.05, 0.1) is 29.8 Å². The van der Waals surface area contributed by atoms with Gasteiger partial charge in [0.1, 0.15) is 17.5 Å². The summed E-state index contributed by atoms with van der Waals surface area (Å²) in [6.07, 6.45) is 6.57. The Bertz CT molecular complexity index is 1730. The van der Waals surface area contributed by atoms with Crippen LogP contribution in [0.5, 0.6) is 0 Å². The van der Waals surface area contributed by atoms with Crippen LogP contribution in [0.4, 0.5) is 0 Å². The molecule has 0 saturated heterocycles. The number of ether oxygens (including phenoxy) is 1. The minimum atomic E-state index is -0.822. The van der Waals surface area contributed by atoms with Gasteiger partial charge < -0.3 is 25.3 Å². The van der Waals surface area contributed by atoms with Gasteiger partial charge in [-0.05, 0) is 69.7 Å². The number of hydrogen-bond donors (Lipinski definition) is 3. The maximum atomic E-state index is 13.5. The van der Waals surface area contributed by atoms with Gasteiger partial charge in [0, 0.05) is 37.1 Å². The molecular weight excluding hydrogens is 548 g/mol. The summed E-state index contributed by atoms with van der Waals surface area (Å²) in [5.41, 5.74) is 2.72. The number of amides is 1. The van der Waals surface area contributed by atoms with Crippen molar-refractivity contribution in [3.63, 3.8) is 0 Å². The molecular formula is C31H34N8O4. The summed E-state index contributed by atoms with van der Waals surface area (Å²) >= 11 is 0. The van der Waals surface area contributed by atoms with Gasteiger partial charge in [0.2, 0.25) is 0 Å². The zero-order chi connectivity index (χ0) is 30.6. The topological polar surface area (TPSA) is 147 Å². The van der Waals surface area contributed by atoms with Crippen LogP contribution in [0.3, 0.4) is 0 Å². The van der Waals surface area contributed by atoms with Crippen LogP contribution in [0.25, 0.3) is 16.9 Å². The first-order valence-corrected chi connectivity index (χ1v) is 14.0. The Hall–Kier alpha value is -5.26. The van der Waals surface area contributed by atoms with E-state index in [4.69, 9.17) is 4.74 Å². The van der Waals surface area contributed by atoms with Gasteiger partial charge in [-0.3, -0.25) is 9.78 Å². The molecule has 43 heavy (non-hydrogen) atoms. The lowest BCUT2D eigenvalue weighted by molar-refractivity contribution is -0.157. The number of aliphatic imine (C=N–C) groups is 1. The quantitative estimate of drug-likeness (QED) is 0.255. The predicted molar refractivity (Wildman–Crippen MR) is 163 cm³/mol.